The van der Waals surface area contributed by atoms with Crippen LogP contribution < -0.4 is 10.1 Å². The van der Waals surface area contributed by atoms with E-state index in [0.717, 1.165) is 17.0 Å². The van der Waals surface area contributed by atoms with Crippen LogP contribution in [0.25, 0.3) is 11.3 Å². The minimum Gasteiger partial charge on any atom is -0.494 e. The molecule has 0 radical (unpaired) electrons. The lowest BCUT2D eigenvalue weighted by Crippen LogP contribution is -2.17. The first-order chi connectivity index (χ1) is 11.3. The average molecular weight is 344 g/mol. The Labute approximate surface area is 147 Å². The zero-order valence-electron chi connectivity index (χ0n) is 14.8. The fourth-order valence-corrected chi connectivity index (χ4v) is 4.10. The van der Waals surface area contributed by atoms with Gasteiger partial charge in [0, 0.05) is 16.9 Å². The molecule has 1 aromatic heterocycles. The van der Waals surface area contributed by atoms with Crippen LogP contribution in [0.2, 0.25) is 0 Å². The van der Waals surface area contributed by atoms with Crippen LogP contribution in [-0.4, -0.2) is 17.5 Å². The summed E-state index contributed by atoms with van der Waals surface area (Å²) in [4.78, 5) is 17.1. The van der Waals surface area contributed by atoms with Crippen molar-refractivity contribution < 1.29 is 9.53 Å². The largest absolute Gasteiger partial charge is 0.494 e. The van der Waals surface area contributed by atoms with Crippen molar-refractivity contribution in [2.45, 2.75) is 34.6 Å². The standard InChI is InChI=1S/C19H24N2O2S/c1-6-23-13-9-7-12(8-10-13)14-11-24-17(20-14)21-16(22)15-18(2,3)19(15,4)5/h7-11,15H,6H2,1-5H3,(H,20,21,22). The van der Waals surface area contributed by atoms with Crippen LogP contribution in [0.1, 0.15) is 34.6 Å². The highest BCUT2D eigenvalue weighted by Gasteiger charge is 2.68. The van der Waals surface area contributed by atoms with Gasteiger partial charge in [-0.3, -0.25) is 4.79 Å². The number of aromatic nitrogens is 1. The molecule has 2 aromatic rings. The molecule has 3 rings (SSSR count). The summed E-state index contributed by atoms with van der Waals surface area (Å²) in [6.45, 7) is 11.2. The van der Waals surface area contributed by atoms with Crippen LogP contribution in [0.5, 0.6) is 5.75 Å². The van der Waals surface area contributed by atoms with E-state index in [1.807, 2.05) is 36.6 Å². The minimum absolute atomic E-state index is 0.0304. The van der Waals surface area contributed by atoms with Gasteiger partial charge in [-0.25, -0.2) is 4.98 Å². The second-order valence-electron chi connectivity index (χ2n) is 7.36. The van der Waals surface area contributed by atoms with Crippen molar-refractivity contribution in [1.29, 1.82) is 0 Å². The van der Waals surface area contributed by atoms with Crippen molar-refractivity contribution in [2.24, 2.45) is 16.7 Å². The first kappa shape index (κ1) is 17.0. The van der Waals surface area contributed by atoms with Gasteiger partial charge in [0.1, 0.15) is 5.75 Å². The first-order valence-electron chi connectivity index (χ1n) is 8.27. The Morgan fingerprint density at radius 1 is 1.21 bits per heavy atom. The number of nitrogens with one attached hydrogen (secondary N) is 1. The molecular formula is C19H24N2O2S. The van der Waals surface area contributed by atoms with Crippen molar-refractivity contribution in [2.75, 3.05) is 11.9 Å². The molecule has 1 aliphatic carbocycles. The van der Waals surface area contributed by atoms with E-state index < -0.39 is 0 Å². The van der Waals surface area contributed by atoms with Gasteiger partial charge in [-0.2, -0.15) is 0 Å². The van der Waals surface area contributed by atoms with Crippen molar-refractivity contribution in [3.8, 4) is 17.0 Å². The predicted molar refractivity (Wildman–Crippen MR) is 98.4 cm³/mol. The number of rotatable bonds is 5. The summed E-state index contributed by atoms with van der Waals surface area (Å²) in [5.41, 5.74) is 1.95. The summed E-state index contributed by atoms with van der Waals surface area (Å²) < 4.78 is 5.45. The fourth-order valence-electron chi connectivity index (χ4n) is 3.38. The Morgan fingerprint density at radius 3 is 2.38 bits per heavy atom. The van der Waals surface area contributed by atoms with Gasteiger partial charge in [-0.05, 0) is 42.0 Å². The van der Waals surface area contributed by atoms with Gasteiger partial charge in [0.15, 0.2) is 5.13 Å². The molecule has 128 valence electrons. The Balaban J connectivity index is 1.69. The maximum absolute atomic E-state index is 12.5. The van der Waals surface area contributed by atoms with Gasteiger partial charge in [-0.1, -0.05) is 27.7 Å². The molecule has 1 fully saturated rings. The molecule has 1 amide bonds. The highest BCUT2D eigenvalue weighted by atomic mass is 32.1. The number of carbonyl (C=O) groups is 1. The van der Waals surface area contributed by atoms with Crippen LogP contribution in [-0.2, 0) is 4.79 Å². The van der Waals surface area contributed by atoms with E-state index in [0.29, 0.717) is 11.7 Å². The summed E-state index contributed by atoms with van der Waals surface area (Å²) in [7, 11) is 0. The number of amides is 1. The van der Waals surface area contributed by atoms with Gasteiger partial charge >= 0.3 is 0 Å². The lowest BCUT2D eigenvalue weighted by Gasteiger charge is -2.04. The molecule has 1 aromatic carbocycles. The molecule has 4 nitrogen and oxygen atoms in total. The summed E-state index contributed by atoms with van der Waals surface area (Å²) in [6.07, 6.45) is 0. The smallest absolute Gasteiger partial charge is 0.230 e. The van der Waals surface area contributed by atoms with Crippen molar-refractivity contribution in [1.82, 2.24) is 4.98 Å². The second-order valence-corrected chi connectivity index (χ2v) is 8.22. The van der Waals surface area contributed by atoms with Gasteiger partial charge in [0.2, 0.25) is 5.91 Å². The van der Waals surface area contributed by atoms with Crippen LogP contribution in [0.4, 0.5) is 5.13 Å². The molecule has 24 heavy (non-hydrogen) atoms. The van der Waals surface area contributed by atoms with Gasteiger partial charge in [0.25, 0.3) is 0 Å². The predicted octanol–water partition coefficient (Wildman–Crippen LogP) is 4.83. The molecule has 1 saturated carbocycles. The summed E-state index contributed by atoms with van der Waals surface area (Å²) in [5.74, 6) is 0.948. The minimum atomic E-state index is 0.0304. The summed E-state index contributed by atoms with van der Waals surface area (Å²) >= 11 is 1.46. The number of carbonyl (C=O) groups excluding carboxylic acids is 1. The molecule has 0 saturated heterocycles. The highest BCUT2D eigenvalue weighted by molar-refractivity contribution is 7.14. The van der Waals surface area contributed by atoms with Gasteiger partial charge < -0.3 is 10.1 Å². The number of benzene rings is 1. The lowest BCUT2D eigenvalue weighted by molar-refractivity contribution is -0.118. The number of anilines is 1. The van der Waals surface area contributed by atoms with Crippen molar-refractivity contribution in [3.63, 3.8) is 0 Å². The quantitative estimate of drug-likeness (QED) is 0.845. The van der Waals surface area contributed by atoms with E-state index in [1.54, 1.807) is 0 Å². The van der Waals surface area contributed by atoms with Crippen molar-refractivity contribution >= 4 is 22.4 Å². The average Bonchev–Trinajstić information content (AvgIpc) is 2.82. The Hall–Kier alpha value is -1.88. The first-order valence-corrected chi connectivity index (χ1v) is 9.15. The van der Waals surface area contributed by atoms with Crippen LogP contribution in [0.15, 0.2) is 29.6 Å². The topological polar surface area (TPSA) is 51.2 Å². The third-order valence-corrected chi connectivity index (χ3v) is 6.24. The van der Waals surface area contributed by atoms with E-state index >= 15 is 0 Å². The maximum Gasteiger partial charge on any atom is 0.230 e. The van der Waals surface area contributed by atoms with Crippen LogP contribution in [0, 0.1) is 16.7 Å². The molecule has 1 heterocycles. The van der Waals surface area contributed by atoms with Gasteiger partial charge in [0.05, 0.1) is 12.3 Å². The molecule has 1 N–H and O–H groups in total. The maximum atomic E-state index is 12.5. The van der Waals surface area contributed by atoms with E-state index in [1.165, 1.54) is 11.3 Å². The molecule has 5 heteroatoms. The van der Waals surface area contributed by atoms with Crippen LogP contribution >= 0.6 is 11.3 Å². The third-order valence-electron chi connectivity index (χ3n) is 5.48. The third kappa shape index (κ3) is 2.81. The van der Waals surface area contributed by atoms with E-state index in [9.17, 15) is 4.79 Å². The zero-order chi connectivity index (χ0) is 17.5. The number of hydrogen-bond acceptors (Lipinski definition) is 4. The summed E-state index contributed by atoms with van der Waals surface area (Å²) in [6, 6.07) is 7.84. The van der Waals surface area contributed by atoms with E-state index in [-0.39, 0.29) is 22.7 Å². The molecular weight excluding hydrogens is 320 g/mol. The van der Waals surface area contributed by atoms with E-state index in [4.69, 9.17) is 4.74 Å². The van der Waals surface area contributed by atoms with E-state index in [2.05, 4.69) is 38.0 Å². The molecule has 1 aliphatic rings. The number of thiazole rings is 1. The molecule has 0 spiro atoms. The van der Waals surface area contributed by atoms with Crippen LogP contribution in [0.3, 0.4) is 0 Å². The Morgan fingerprint density at radius 2 is 1.83 bits per heavy atom. The number of hydrogen-bond donors (Lipinski definition) is 1. The lowest BCUT2D eigenvalue weighted by atomic mass is 10.0. The van der Waals surface area contributed by atoms with Crippen molar-refractivity contribution in [3.05, 3.63) is 29.6 Å². The Kier molecular flexibility index (Phi) is 4.16. The molecule has 0 bridgehead atoms. The fraction of sp³-hybridized carbons (Fsp3) is 0.474. The zero-order valence-corrected chi connectivity index (χ0v) is 15.7. The highest BCUT2D eigenvalue weighted by Crippen LogP contribution is 2.68. The Bertz CT molecular complexity index is 733. The van der Waals surface area contributed by atoms with Gasteiger partial charge in [-0.15, -0.1) is 11.3 Å². The monoisotopic (exact) mass is 344 g/mol. The summed E-state index contributed by atoms with van der Waals surface area (Å²) in [5, 5.41) is 5.60. The normalized spacial score (nSPS) is 18.2. The number of nitrogens with zero attached hydrogens (tertiary/aromatic N) is 1. The molecule has 0 atom stereocenters. The SMILES string of the molecule is CCOc1ccc(-c2csc(NC(=O)C3C(C)(C)C3(C)C)n2)cc1. The molecule has 0 unspecified atom stereocenters. The second kappa shape index (κ2) is 5.88. The molecule has 0 aliphatic heterocycles. The number of ether oxygens (including phenoxy) is 1.